The number of halogens is 1. The van der Waals surface area contributed by atoms with E-state index in [4.69, 9.17) is 10.00 Å². The predicted octanol–water partition coefficient (Wildman–Crippen LogP) is 3.37. The molecule has 1 saturated carbocycles. The van der Waals surface area contributed by atoms with Crippen LogP contribution < -0.4 is 4.74 Å². The van der Waals surface area contributed by atoms with E-state index in [9.17, 15) is 4.39 Å². The van der Waals surface area contributed by atoms with Crippen molar-refractivity contribution in [2.24, 2.45) is 0 Å². The van der Waals surface area contributed by atoms with Gasteiger partial charge in [0.05, 0.1) is 11.7 Å². The third-order valence-corrected chi connectivity index (χ3v) is 3.92. The van der Waals surface area contributed by atoms with E-state index in [0.29, 0.717) is 6.04 Å². The highest BCUT2D eigenvalue weighted by Crippen LogP contribution is 2.27. The zero-order chi connectivity index (χ0) is 15.4. The summed E-state index contributed by atoms with van der Waals surface area (Å²) < 4.78 is 20.5. The van der Waals surface area contributed by atoms with Crippen LogP contribution in [0.4, 0.5) is 4.39 Å². The standard InChI is InChI=1S/C16H17FN4O/c17-16-7-6-15(14(10-18)19-16)22-11-12-8-9-21(20-12)13-4-2-1-3-5-13/h6-9,13H,1-5,11H2. The van der Waals surface area contributed by atoms with Crippen LogP contribution in [0.25, 0.3) is 0 Å². The Balaban J connectivity index is 1.65. The molecule has 114 valence electrons. The van der Waals surface area contributed by atoms with Crippen LogP contribution in [0, 0.1) is 17.3 Å². The Hall–Kier alpha value is -2.42. The molecule has 5 nitrogen and oxygen atoms in total. The van der Waals surface area contributed by atoms with E-state index in [1.54, 1.807) is 0 Å². The lowest BCUT2D eigenvalue weighted by molar-refractivity contribution is 0.288. The minimum atomic E-state index is -0.689. The maximum Gasteiger partial charge on any atom is 0.214 e. The lowest BCUT2D eigenvalue weighted by Gasteiger charge is -2.21. The minimum absolute atomic E-state index is 0.0493. The van der Waals surface area contributed by atoms with Crippen LogP contribution in [0.5, 0.6) is 5.75 Å². The zero-order valence-corrected chi connectivity index (χ0v) is 12.2. The van der Waals surface area contributed by atoms with E-state index in [2.05, 4.69) is 10.1 Å². The van der Waals surface area contributed by atoms with E-state index in [1.165, 1.54) is 44.2 Å². The predicted molar refractivity (Wildman–Crippen MR) is 77.6 cm³/mol. The lowest BCUT2D eigenvalue weighted by Crippen LogP contribution is -2.13. The second-order valence-electron chi connectivity index (χ2n) is 5.46. The molecular formula is C16H17FN4O. The smallest absolute Gasteiger partial charge is 0.214 e. The van der Waals surface area contributed by atoms with Crippen LogP contribution in [0.3, 0.4) is 0 Å². The molecule has 1 aliphatic rings. The van der Waals surface area contributed by atoms with Gasteiger partial charge in [-0.15, -0.1) is 0 Å². The lowest BCUT2D eigenvalue weighted by atomic mass is 9.96. The summed E-state index contributed by atoms with van der Waals surface area (Å²) in [4.78, 5) is 3.50. The Kier molecular flexibility index (Phi) is 4.33. The van der Waals surface area contributed by atoms with Gasteiger partial charge in [-0.1, -0.05) is 19.3 Å². The van der Waals surface area contributed by atoms with Crippen LogP contribution in [0.2, 0.25) is 0 Å². The van der Waals surface area contributed by atoms with Gasteiger partial charge in [-0.05, 0) is 31.0 Å². The molecular weight excluding hydrogens is 283 g/mol. The number of ether oxygens (including phenoxy) is 1. The van der Waals surface area contributed by atoms with Crippen LogP contribution in [-0.4, -0.2) is 14.8 Å². The number of rotatable bonds is 4. The van der Waals surface area contributed by atoms with Crippen molar-refractivity contribution in [3.63, 3.8) is 0 Å². The Morgan fingerprint density at radius 3 is 2.86 bits per heavy atom. The third-order valence-electron chi connectivity index (χ3n) is 3.92. The van der Waals surface area contributed by atoms with Crippen LogP contribution in [-0.2, 0) is 6.61 Å². The zero-order valence-electron chi connectivity index (χ0n) is 12.2. The van der Waals surface area contributed by atoms with Crippen molar-refractivity contribution in [2.45, 2.75) is 44.8 Å². The summed E-state index contributed by atoms with van der Waals surface area (Å²) in [6.07, 6.45) is 8.13. The first kappa shape index (κ1) is 14.5. The highest BCUT2D eigenvalue weighted by atomic mass is 19.1. The van der Waals surface area contributed by atoms with Gasteiger partial charge in [0, 0.05) is 6.20 Å². The largest absolute Gasteiger partial charge is 0.484 e. The molecule has 2 aromatic rings. The number of nitriles is 1. The average Bonchev–Trinajstić information content (AvgIpc) is 3.03. The van der Waals surface area contributed by atoms with Crippen molar-refractivity contribution in [3.8, 4) is 11.8 Å². The molecule has 0 amide bonds. The number of hydrogen-bond donors (Lipinski definition) is 0. The van der Waals surface area contributed by atoms with E-state index in [-0.39, 0.29) is 18.1 Å². The summed E-state index contributed by atoms with van der Waals surface area (Å²) in [5.74, 6) is -0.415. The summed E-state index contributed by atoms with van der Waals surface area (Å²) in [7, 11) is 0. The van der Waals surface area contributed by atoms with Crippen molar-refractivity contribution in [3.05, 3.63) is 41.7 Å². The fraction of sp³-hybridized carbons (Fsp3) is 0.438. The molecule has 0 atom stereocenters. The Labute approximate surface area is 128 Å². The second-order valence-corrected chi connectivity index (χ2v) is 5.46. The average molecular weight is 300 g/mol. The first-order valence-corrected chi connectivity index (χ1v) is 7.50. The van der Waals surface area contributed by atoms with Gasteiger partial charge >= 0.3 is 0 Å². The van der Waals surface area contributed by atoms with Gasteiger partial charge in [0.2, 0.25) is 5.95 Å². The van der Waals surface area contributed by atoms with Gasteiger partial charge in [0.15, 0.2) is 11.4 Å². The van der Waals surface area contributed by atoms with Gasteiger partial charge in [-0.3, -0.25) is 4.68 Å². The molecule has 22 heavy (non-hydrogen) atoms. The SMILES string of the molecule is N#Cc1nc(F)ccc1OCc1ccn(C2CCCCC2)n1. The number of nitrogens with zero attached hydrogens (tertiary/aromatic N) is 4. The van der Waals surface area contributed by atoms with Gasteiger partial charge in [-0.25, -0.2) is 4.98 Å². The van der Waals surface area contributed by atoms with Gasteiger partial charge in [0.1, 0.15) is 12.7 Å². The molecule has 0 spiro atoms. The molecule has 0 saturated heterocycles. The third kappa shape index (κ3) is 3.25. The van der Waals surface area contributed by atoms with Crippen molar-refractivity contribution in [2.75, 3.05) is 0 Å². The monoisotopic (exact) mass is 300 g/mol. The Bertz CT molecular complexity index is 686. The van der Waals surface area contributed by atoms with Crippen molar-refractivity contribution in [1.82, 2.24) is 14.8 Å². The fourth-order valence-electron chi connectivity index (χ4n) is 2.77. The molecule has 1 aliphatic carbocycles. The number of pyridine rings is 1. The molecule has 1 fully saturated rings. The van der Waals surface area contributed by atoms with E-state index in [1.807, 2.05) is 23.0 Å². The quantitative estimate of drug-likeness (QED) is 0.812. The molecule has 0 unspecified atom stereocenters. The van der Waals surface area contributed by atoms with Gasteiger partial charge in [-0.2, -0.15) is 14.8 Å². The molecule has 0 N–H and O–H groups in total. The van der Waals surface area contributed by atoms with Crippen molar-refractivity contribution >= 4 is 0 Å². The van der Waals surface area contributed by atoms with Crippen LogP contribution in [0.15, 0.2) is 24.4 Å². The molecule has 0 aromatic carbocycles. The molecule has 0 radical (unpaired) electrons. The normalized spacial score (nSPS) is 15.5. The Morgan fingerprint density at radius 1 is 1.27 bits per heavy atom. The topological polar surface area (TPSA) is 63.7 Å². The second kappa shape index (κ2) is 6.56. The first-order chi connectivity index (χ1) is 10.8. The number of hydrogen-bond acceptors (Lipinski definition) is 4. The molecule has 6 heteroatoms. The summed E-state index contributed by atoms with van der Waals surface area (Å²) in [6.45, 7) is 0.238. The highest BCUT2D eigenvalue weighted by Gasteiger charge is 2.16. The van der Waals surface area contributed by atoms with Crippen LogP contribution in [0.1, 0.15) is 49.5 Å². The Morgan fingerprint density at radius 2 is 2.09 bits per heavy atom. The van der Waals surface area contributed by atoms with E-state index >= 15 is 0 Å². The van der Waals surface area contributed by atoms with Gasteiger partial charge < -0.3 is 4.74 Å². The molecule has 0 aliphatic heterocycles. The molecule has 2 aromatic heterocycles. The molecule has 3 rings (SSSR count). The van der Waals surface area contributed by atoms with Crippen LogP contribution >= 0.6 is 0 Å². The first-order valence-electron chi connectivity index (χ1n) is 7.50. The maximum absolute atomic E-state index is 13.0. The molecule has 2 heterocycles. The summed E-state index contributed by atoms with van der Waals surface area (Å²) in [5.41, 5.74) is 0.741. The summed E-state index contributed by atoms with van der Waals surface area (Å²) >= 11 is 0. The van der Waals surface area contributed by atoms with E-state index in [0.717, 1.165) is 5.69 Å². The van der Waals surface area contributed by atoms with Crippen molar-refractivity contribution < 1.29 is 9.13 Å². The van der Waals surface area contributed by atoms with E-state index < -0.39 is 5.95 Å². The highest BCUT2D eigenvalue weighted by molar-refractivity contribution is 5.36. The summed E-state index contributed by atoms with van der Waals surface area (Å²) in [6, 6.07) is 6.81. The fourth-order valence-corrected chi connectivity index (χ4v) is 2.77. The number of aromatic nitrogens is 3. The molecule has 0 bridgehead atoms. The summed E-state index contributed by atoms with van der Waals surface area (Å²) in [5, 5.41) is 13.5. The van der Waals surface area contributed by atoms with Crippen molar-refractivity contribution in [1.29, 1.82) is 5.26 Å². The van der Waals surface area contributed by atoms with Gasteiger partial charge in [0.25, 0.3) is 0 Å². The minimum Gasteiger partial charge on any atom is -0.484 e. The maximum atomic E-state index is 13.0.